The molecule has 3 rings (SSSR count). The third kappa shape index (κ3) is 3.88. The van der Waals surface area contributed by atoms with Crippen LogP contribution in [-0.4, -0.2) is 22.4 Å². The van der Waals surface area contributed by atoms with E-state index in [0.29, 0.717) is 18.1 Å². The van der Waals surface area contributed by atoms with Crippen LogP contribution in [-0.2, 0) is 6.42 Å². The summed E-state index contributed by atoms with van der Waals surface area (Å²) in [6, 6.07) is 13.8. The summed E-state index contributed by atoms with van der Waals surface area (Å²) >= 11 is 4.87. The maximum absolute atomic E-state index is 12.7. The molecule has 0 aliphatic rings. The van der Waals surface area contributed by atoms with E-state index in [1.165, 1.54) is 16.9 Å². The number of amides is 1. The zero-order valence-corrected chi connectivity index (χ0v) is 15.5. The topological polar surface area (TPSA) is 46.1 Å². The van der Waals surface area contributed by atoms with Gasteiger partial charge in [0.05, 0.1) is 5.01 Å². The van der Waals surface area contributed by atoms with Gasteiger partial charge in [0.2, 0.25) is 0 Å². The van der Waals surface area contributed by atoms with Crippen LogP contribution in [0.3, 0.4) is 0 Å². The lowest BCUT2D eigenvalue weighted by molar-refractivity contribution is 0.0983. The number of nitrogens with zero attached hydrogens (tertiary/aromatic N) is 3. The Morgan fingerprint density at radius 1 is 1.21 bits per heavy atom. The highest BCUT2D eigenvalue weighted by atomic mass is 79.9. The molecule has 0 radical (unpaired) electrons. The largest absolute Gasteiger partial charge is 0.292 e. The van der Waals surface area contributed by atoms with Crippen molar-refractivity contribution in [1.82, 2.24) is 9.97 Å². The van der Waals surface area contributed by atoms with Crippen molar-refractivity contribution in [1.29, 1.82) is 0 Å². The first-order valence-electron chi connectivity index (χ1n) is 7.59. The second kappa shape index (κ2) is 7.68. The molecule has 0 saturated heterocycles. The average molecular weight is 402 g/mol. The minimum absolute atomic E-state index is 0.122. The normalized spacial score (nSPS) is 10.6. The first-order chi connectivity index (χ1) is 11.7. The molecule has 24 heavy (non-hydrogen) atoms. The van der Waals surface area contributed by atoms with Crippen LogP contribution in [0.25, 0.3) is 0 Å². The zero-order chi connectivity index (χ0) is 16.9. The number of rotatable bonds is 5. The van der Waals surface area contributed by atoms with Crippen molar-refractivity contribution < 1.29 is 4.79 Å². The Bertz CT molecular complexity index is 818. The van der Waals surface area contributed by atoms with Gasteiger partial charge < -0.3 is 0 Å². The maximum Gasteiger partial charge on any atom is 0.278 e. The fraction of sp³-hybridized carbons (Fsp3) is 0.167. The van der Waals surface area contributed by atoms with Crippen molar-refractivity contribution in [2.45, 2.75) is 13.3 Å². The molecule has 0 N–H and O–H groups in total. The number of halogens is 1. The second-order valence-electron chi connectivity index (χ2n) is 5.17. The van der Waals surface area contributed by atoms with Crippen LogP contribution < -0.4 is 4.90 Å². The quantitative estimate of drug-likeness (QED) is 0.629. The van der Waals surface area contributed by atoms with Gasteiger partial charge in [-0.3, -0.25) is 9.69 Å². The van der Waals surface area contributed by atoms with E-state index in [1.807, 2.05) is 42.6 Å². The van der Waals surface area contributed by atoms with Crippen LogP contribution in [0.2, 0.25) is 0 Å². The number of hydrogen-bond acceptors (Lipinski definition) is 4. The van der Waals surface area contributed by atoms with Crippen LogP contribution in [0.4, 0.5) is 5.82 Å². The smallest absolute Gasteiger partial charge is 0.278 e. The molecule has 0 unspecified atom stereocenters. The van der Waals surface area contributed by atoms with Gasteiger partial charge >= 0.3 is 0 Å². The van der Waals surface area contributed by atoms with Gasteiger partial charge in [0.25, 0.3) is 5.91 Å². The van der Waals surface area contributed by atoms with Crippen LogP contribution in [0.5, 0.6) is 0 Å². The van der Waals surface area contributed by atoms with Crippen molar-refractivity contribution in [2.24, 2.45) is 0 Å². The van der Waals surface area contributed by atoms with Gasteiger partial charge in [0.1, 0.15) is 11.5 Å². The molecule has 4 nitrogen and oxygen atoms in total. The third-order valence-electron chi connectivity index (χ3n) is 3.52. The molecule has 6 heteroatoms. The highest BCUT2D eigenvalue weighted by Gasteiger charge is 2.20. The number of hydrogen-bond donors (Lipinski definition) is 0. The van der Waals surface area contributed by atoms with Gasteiger partial charge in [-0.15, -0.1) is 11.3 Å². The molecule has 2 aromatic heterocycles. The lowest BCUT2D eigenvalue weighted by Gasteiger charge is -2.18. The first-order valence-corrected chi connectivity index (χ1v) is 9.26. The summed E-state index contributed by atoms with van der Waals surface area (Å²) in [6.45, 7) is 2.47. The minimum atomic E-state index is -0.122. The van der Waals surface area contributed by atoms with Crippen LogP contribution in [0.1, 0.15) is 28.0 Å². The van der Waals surface area contributed by atoms with E-state index in [4.69, 9.17) is 0 Å². The van der Waals surface area contributed by atoms with Crippen LogP contribution >= 0.6 is 27.3 Å². The Kier molecular flexibility index (Phi) is 5.37. The molecule has 0 aliphatic heterocycles. The second-order valence-corrected chi connectivity index (χ2v) is 7.03. The number of aromatic nitrogens is 2. The first kappa shape index (κ1) is 16.8. The zero-order valence-electron chi connectivity index (χ0n) is 13.1. The molecular formula is C18H16BrN3OS. The van der Waals surface area contributed by atoms with E-state index in [0.717, 1.165) is 15.9 Å². The number of benzene rings is 1. The monoisotopic (exact) mass is 401 g/mol. The Labute approximate surface area is 153 Å². The SMILES string of the molecule is CCN(C(=O)c1csc(Cc2ccccc2)n1)c1ccc(Br)cn1. The number of thiazole rings is 1. The molecule has 1 amide bonds. The number of carbonyl (C=O) groups excluding carboxylic acids is 1. The summed E-state index contributed by atoms with van der Waals surface area (Å²) in [5.74, 6) is 0.506. The third-order valence-corrected chi connectivity index (χ3v) is 4.84. The summed E-state index contributed by atoms with van der Waals surface area (Å²) < 4.78 is 0.883. The van der Waals surface area contributed by atoms with E-state index in [-0.39, 0.29) is 5.91 Å². The number of carbonyl (C=O) groups is 1. The van der Waals surface area contributed by atoms with Crippen molar-refractivity contribution in [3.8, 4) is 0 Å². The summed E-state index contributed by atoms with van der Waals surface area (Å²) in [4.78, 5) is 23.2. The molecule has 0 fully saturated rings. The van der Waals surface area contributed by atoms with Gasteiger partial charge in [0, 0.05) is 29.0 Å². The molecule has 2 heterocycles. The Hall–Kier alpha value is -2.05. The van der Waals surface area contributed by atoms with Crippen molar-refractivity contribution in [2.75, 3.05) is 11.4 Å². The molecule has 0 spiro atoms. The molecular weight excluding hydrogens is 386 g/mol. The summed E-state index contributed by atoms with van der Waals surface area (Å²) in [5, 5.41) is 2.76. The predicted molar refractivity (Wildman–Crippen MR) is 101 cm³/mol. The van der Waals surface area contributed by atoms with Gasteiger partial charge in [-0.1, -0.05) is 30.3 Å². The van der Waals surface area contributed by atoms with Crippen molar-refractivity contribution in [3.63, 3.8) is 0 Å². The minimum Gasteiger partial charge on any atom is -0.292 e. The fourth-order valence-electron chi connectivity index (χ4n) is 2.34. The molecule has 0 atom stereocenters. The van der Waals surface area contributed by atoms with Crippen LogP contribution in [0.15, 0.2) is 58.5 Å². The summed E-state index contributed by atoms with van der Waals surface area (Å²) in [5.41, 5.74) is 1.66. The Morgan fingerprint density at radius 2 is 2.00 bits per heavy atom. The molecule has 122 valence electrons. The fourth-order valence-corrected chi connectivity index (χ4v) is 3.37. The van der Waals surface area contributed by atoms with Gasteiger partial charge in [0.15, 0.2) is 0 Å². The van der Waals surface area contributed by atoms with Gasteiger partial charge in [-0.05, 0) is 40.5 Å². The maximum atomic E-state index is 12.7. The standard InChI is InChI=1S/C18H16BrN3OS/c1-2-22(16-9-8-14(19)11-20-16)18(23)15-12-24-17(21-15)10-13-6-4-3-5-7-13/h3-9,11-12H,2,10H2,1H3. The van der Waals surface area contributed by atoms with Gasteiger partial charge in [-0.2, -0.15) is 0 Å². The predicted octanol–water partition coefficient (Wildman–Crippen LogP) is 4.56. The lowest BCUT2D eigenvalue weighted by Crippen LogP contribution is -2.31. The molecule has 3 aromatic rings. The van der Waals surface area contributed by atoms with E-state index in [1.54, 1.807) is 11.1 Å². The number of pyridine rings is 1. The molecule has 1 aromatic carbocycles. The van der Waals surface area contributed by atoms with Crippen molar-refractivity contribution >= 4 is 39.0 Å². The molecule has 0 aliphatic carbocycles. The van der Waals surface area contributed by atoms with Gasteiger partial charge in [-0.25, -0.2) is 9.97 Å². The number of anilines is 1. The summed E-state index contributed by atoms with van der Waals surface area (Å²) in [7, 11) is 0. The van der Waals surface area contributed by atoms with E-state index >= 15 is 0 Å². The Morgan fingerprint density at radius 3 is 2.67 bits per heavy atom. The van der Waals surface area contributed by atoms with E-state index < -0.39 is 0 Å². The Balaban J connectivity index is 1.78. The molecule has 0 bridgehead atoms. The lowest BCUT2D eigenvalue weighted by atomic mass is 10.2. The average Bonchev–Trinajstić information content (AvgIpc) is 3.06. The van der Waals surface area contributed by atoms with E-state index in [2.05, 4.69) is 38.0 Å². The molecule has 0 saturated carbocycles. The highest BCUT2D eigenvalue weighted by molar-refractivity contribution is 9.10. The van der Waals surface area contributed by atoms with E-state index in [9.17, 15) is 4.79 Å². The summed E-state index contributed by atoms with van der Waals surface area (Å²) in [6.07, 6.45) is 2.43. The van der Waals surface area contributed by atoms with Crippen LogP contribution in [0, 0.1) is 0 Å². The highest BCUT2D eigenvalue weighted by Crippen LogP contribution is 2.20. The van der Waals surface area contributed by atoms with Crippen molar-refractivity contribution in [3.05, 3.63) is 74.8 Å².